The molecule has 1 N–H and O–H groups in total. The van der Waals surface area contributed by atoms with Gasteiger partial charge in [0.15, 0.2) is 0 Å². The second kappa shape index (κ2) is 6.58. The second-order valence-electron chi connectivity index (χ2n) is 5.84. The summed E-state index contributed by atoms with van der Waals surface area (Å²) in [7, 11) is 0. The molecule has 2 unspecified atom stereocenters. The molecule has 1 aromatic rings. The van der Waals surface area contributed by atoms with E-state index in [4.69, 9.17) is 11.6 Å². The lowest BCUT2D eigenvalue weighted by atomic mass is 9.82. The third-order valence-electron chi connectivity index (χ3n) is 4.10. The van der Waals surface area contributed by atoms with Gasteiger partial charge in [0, 0.05) is 11.6 Å². The summed E-state index contributed by atoms with van der Waals surface area (Å²) in [6.45, 7) is 6.64. The summed E-state index contributed by atoms with van der Waals surface area (Å²) in [5, 5.41) is 4.44. The van der Waals surface area contributed by atoms with E-state index in [2.05, 4.69) is 25.2 Å². The van der Waals surface area contributed by atoms with Gasteiger partial charge in [-0.1, -0.05) is 37.4 Å². The zero-order valence-electron chi connectivity index (χ0n) is 11.5. The van der Waals surface area contributed by atoms with E-state index >= 15 is 0 Å². The van der Waals surface area contributed by atoms with Crippen molar-refractivity contribution in [1.29, 1.82) is 0 Å². The van der Waals surface area contributed by atoms with Crippen LogP contribution in [0.2, 0.25) is 5.02 Å². The standard InChI is InChI=1S/C16H24ClN/c1-12-4-3-5-14(8-12)10-18-11-15-6-7-16(17)9-13(15)2/h6-7,9,12,14,18H,3-5,8,10-11H2,1-2H3. The molecule has 18 heavy (non-hydrogen) atoms. The zero-order valence-corrected chi connectivity index (χ0v) is 12.3. The molecule has 0 aliphatic heterocycles. The molecular formula is C16H24ClN. The number of nitrogens with one attached hydrogen (secondary N) is 1. The highest BCUT2D eigenvalue weighted by Gasteiger charge is 2.18. The van der Waals surface area contributed by atoms with E-state index < -0.39 is 0 Å². The first-order valence-corrected chi connectivity index (χ1v) is 7.48. The van der Waals surface area contributed by atoms with Crippen LogP contribution in [0, 0.1) is 18.8 Å². The van der Waals surface area contributed by atoms with Gasteiger partial charge < -0.3 is 5.32 Å². The minimum absolute atomic E-state index is 0.831. The van der Waals surface area contributed by atoms with E-state index in [0.717, 1.165) is 29.9 Å². The van der Waals surface area contributed by atoms with Crippen molar-refractivity contribution >= 4 is 11.6 Å². The molecule has 0 radical (unpaired) electrons. The largest absolute Gasteiger partial charge is 0.312 e. The Balaban J connectivity index is 1.77. The maximum Gasteiger partial charge on any atom is 0.0408 e. The third kappa shape index (κ3) is 4.00. The number of hydrogen-bond donors (Lipinski definition) is 1. The minimum atomic E-state index is 0.831. The van der Waals surface area contributed by atoms with Crippen molar-refractivity contribution < 1.29 is 0 Å². The summed E-state index contributed by atoms with van der Waals surface area (Å²) in [5.41, 5.74) is 2.65. The molecule has 1 aliphatic carbocycles. The highest BCUT2D eigenvalue weighted by Crippen LogP contribution is 2.28. The lowest BCUT2D eigenvalue weighted by molar-refractivity contribution is 0.274. The van der Waals surface area contributed by atoms with Gasteiger partial charge in [0.25, 0.3) is 0 Å². The summed E-state index contributed by atoms with van der Waals surface area (Å²) in [5.74, 6) is 1.80. The van der Waals surface area contributed by atoms with Crippen LogP contribution < -0.4 is 5.32 Å². The number of benzene rings is 1. The molecule has 2 atom stereocenters. The van der Waals surface area contributed by atoms with Crippen LogP contribution in [-0.2, 0) is 6.54 Å². The average Bonchev–Trinajstić information content (AvgIpc) is 2.32. The van der Waals surface area contributed by atoms with E-state index in [-0.39, 0.29) is 0 Å². The van der Waals surface area contributed by atoms with Crippen molar-refractivity contribution in [2.24, 2.45) is 11.8 Å². The van der Waals surface area contributed by atoms with Crippen LogP contribution in [0.25, 0.3) is 0 Å². The molecule has 1 aromatic carbocycles. The Hall–Kier alpha value is -0.530. The van der Waals surface area contributed by atoms with Gasteiger partial charge in [0.1, 0.15) is 0 Å². The van der Waals surface area contributed by atoms with Gasteiger partial charge in [-0.25, -0.2) is 0 Å². The van der Waals surface area contributed by atoms with Crippen LogP contribution in [0.3, 0.4) is 0 Å². The van der Waals surface area contributed by atoms with Crippen LogP contribution in [-0.4, -0.2) is 6.54 Å². The average molecular weight is 266 g/mol. The van der Waals surface area contributed by atoms with Crippen molar-refractivity contribution in [3.8, 4) is 0 Å². The number of hydrogen-bond acceptors (Lipinski definition) is 1. The maximum atomic E-state index is 5.97. The van der Waals surface area contributed by atoms with E-state index in [0.29, 0.717) is 0 Å². The summed E-state index contributed by atoms with van der Waals surface area (Å²) in [6.07, 6.45) is 5.63. The van der Waals surface area contributed by atoms with Crippen LogP contribution in [0.5, 0.6) is 0 Å². The number of rotatable bonds is 4. The highest BCUT2D eigenvalue weighted by atomic mass is 35.5. The molecule has 2 heteroatoms. The fourth-order valence-corrected chi connectivity index (χ4v) is 3.24. The van der Waals surface area contributed by atoms with Gasteiger partial charge >= 0.3 is 0 Å². The Morgan fingerprint density at radius 3 is 2.89 bits per heavy atom. The smallest absolute Gasteiger partial charge is 0.0408 e. The summed E-state index contributed by atoms with van der Waals surface area (Å²) < 4.78 is 0. The SMILES string of the molecule is Cc1cc(Cl)ccc1CNCC1CCCC(C)C1. The van der Waals surface area contributed by atoms with E-state index in [1.54, 1.807) is 0 Å². The Morgan fingerprint density at radius 2 is 2.17 bits per heavy atom. The van der Waals surface area contributed by atoms with Crippen LogP contribution in [0.15, 0.2) is 18.2 Å². The molecule has 1 aliphatic rings. The fraction of sp³-hybridized carbons (Fsp3) is 0.625. The zero-order chi connectivity index (χ0) is 13.0. The fourth-order valence-electron chi connectivity index (χ4n) is 3.01. The van der Waals surface area contributed by atoms with Crippen molar-refractivity contribution in [3.05, 3.63) is 34.3 Å². The molecule has 0 amide bonds. The molecule has 0 bridgehead atoms. The van der Waals surface area contributed by atoms with Crippen molar-refractivity contribution in [2.75, 3.05) is 6.54 Å². The van der Waals surface area contributed by atoms with E-state index in [9.17, 15) is 0 Å². The molecule has 0 heterocycles. The lowest BCUT2D eigenvalue weighted by Gasteiger charge is -2.27. The van der Waals surface area contributed by atoms with Gasteiger partial charge in [0.05, 0.1) is 0 Å². The second-order valence-corrected chi connectivity index (χ2v) is 6.28. The monoisotopic (exact) mass is 265 g/mol. The normalized spacial score (nSPS) is 24.2. The van der Waals surface area contributed by atoms with Crippen LogP contribution >= 0.6 is 11.6 Å². The Kier molecular flexibility index (Phi) is 5.08. The molecular weight excluding hydrogens is 242 g/mol. The third-order valence-corrected chi connectivity index (χ3v) is 4.33. The summed E-state index contributed by atoms with van der Waals surface area (Å²) >= 11 is 5.97. The Bertz CT molecular complexity index is 389. The highest BCUT2D eigenvalue weighted by molar-refractivity contribution is 6.30. The first-order chi connectivity index (χ1) is 8.65. The number of halogens is 1. The Labute approximate surface area is 116 Å². The van der Waals surface area contributed by atoms with Crippen LogP contribution in [0.1, 0.15) is 43.7 Å². The minimum Gasteiger partial charge on any atom is -0.312 e. The van der Waals surface area contributed by atoms with E-state index in [1.807, 2.05) is 12.1 Å². The Morgan fingerprint density at radius 1 is 1.33 bits per heavy atom. The van der Waals surface area contributed by atoms with Crippen molar-refractivity contribution in [2.45, 2.75) is 46.1 Å². The topological polar surface area (TPSA) is 12.0 Å². The van der Waals surface area contributed by atoms with Crippen molar-refractivity contribution in [1.82, 2.24) is 5.32 Å². The number of aryl methyl sites for hydroxylation is 1. The molecule has 1 fully saturated rings. The van der Waals surface area contributed by atoms with Crippen molar-refractivity contribution in [3.63, 3.8) is 0 Å². The first kappa shape index (κ1) is 13.9. The predicted molar refractivity (Wildman–Crippen MR) is 79.0 cm³/mol. The quantitative estimate of drug-likeness (QED) is 0.841. The predicted octanol–water partition coefficient (Wildman–Crippen LogP) is 4.56. The van der Waals surface area contributed by atoms with E-state index in [1.165, 1.54) is 36.8 Å². The lowest BCUT2D eigenvalue weighted by Crippen LogP contribution is -2.26. The molecule has 0 spiro atoms. The van der Waals surface area contributed by atoms with Gasteiger partial charge in [-0.15, -0.1) is 0 Å². The molecule has 100 valence electrons. The van der Waals surface area contributed by atoms with Gasteiger partial charge in [0.2, 0.25) is 0 Å². The van der Waals surface area contributed by atoms with Gasteiger partial charge in [-0.2, -0.15) is 0 Å². The molecule has 1 saturated carbocycles. The summed E-state index contributed by atoms with van der Waals surface area (Å²) in [4.78, 5) is 0. The first-order valence-electron chi connectivity index (χ1n) is 7.11. The molecule has 2 rings (SSSR count). The molecule has 0 aromatic heterocycles. The van der Waals surface area contributed by atoms with Gasteiger partial charge in [-0.3, -0.25) is 0 Å². The molecule has 1 nitrogen and oxygen atoms in total. The van der Waals surface area contributed by atoms with Gasteiger partial charge in [-0.05, 0) is 61.4 Å². The maximum absolute atomic E-state index is 5.97. The molecule has 0 saturated heterocycles. The summed E-state index contributed by atoms with van der Waals surface area (Å²) in [6, 6.07) is 6.16. The van der Waals surface area contributed by atoms with Crippen LogP contribution in [0.4, 0.5) is 0 Å².